The molecule has 0 aliphatic carbocycles. The van der Waals surface area contributed by atoms with E-state index in [0.717, 1.165) is 11.1 Å². The third-order valence-electron chi connectivity index (χ3n) is 6.36. The van der Waals surface area contributed by atoms with Gasteiger partial charge in [0, 0.05) is 32.2 Å². The number of tetrazole rings is 1. The largest absolute Gasteiger partial charge is 0.463 e. The predicted octanol–water partition coefficient (Wildman–Crippen LogP) is 3.21. The smallest absolute Gasteiger partial charge is 0.254 e. The first kappa shape index (κ1) is 22.0. The lowest BCUT2D eigenvalue weighted by Gasteiger charge is -2.35. The van der Waals surface area contributed by atoms with Crippen LogP contribution in [-0.4, -0.2) is 72.0 Å². The molecule has 0 saturated carbocycles. The van der Waals surface area contributed by atoms with Crippen molar-refractivity contribution in [2.75, 3.05) is 31.1 Å². The zero-order chi connectivity index (χ0) is 24.6. The van der Waals surface area contributed by atoms with Gasteiger partial charge in [0.25, 0.3) is 5.91 Å². The summed E-state index contributed by atoms with van der Waals surface area (Å²) in [5.74, 6) is 1.22. The number of para-hydroxylation sites is 1. The van der Waals surface area contributed by atoms with E-state index in [1.807, 2.05) is 65.9 Å². The highest BCUT2D eigenvalue weighted by atomic mass is 16.3. The molecule has 0 bridgehead atoms. The van der Waals surface area contributed by atoms with E-state index < -0.39 is 0 Å². The SMILES string of the molecule is CC(C)n1ncc2c(C(=O)N3CCN(c4nnnn4-c4ccccc4)CC3)cc(-c3ccco3)nc21. The molecular weight excluding hydrogens is 458 g/mol. The molecular formula is C25H25N9O2. The summed E-state index contributed by atoms with van der Waals surface area (Å²) in [5.41, 5.74) is 2.74. The molecule has 182 valence electrons. The molecule has 1 aliphatic heterocycles. The first-order valence-electron chi connectivity index (χ1n) is 11.9. The Labute approximate surface area is 206 Å². The first-order valence-corrected chi connectivity index (χ1v) is 11.9. The van der Waals surface area contributed by atoms with Crippen LogP contribution in [0.3, 0.4) is 0 Å². The second-order valence-electron chi connectivity index (χ2n) is 8.96. The number of amides is 1. The molecule has 1 amide bonds. The summed E-state index contributed by atoms with van der Waals surface area (Å²) in [6.45, 7) is 6.39. The van der Waals surface area contributed by atoms with Gasteiger partial charge >= 0.3 is 0 Å². The fraction of sp³-hybridized carbons (Fsp3) is 0.280. The van der Waals surface area contributed by atoms with Crippen LogP contribution >= 0.6 is 0 Å². The van der Waals surface area contributed by atoms with Gasteiger partial charge in [0.15, 0.2) is 11.4 Å². The zero-order valence-corrected chi connectivity index (χ0v) is 20.0. The van der Waals surface area contributed by atoms with E-state index in [2.05, 4.69) is 25.5 Å². The van der Waals surface area contributed by atoms with Crippen molar-refractivity contribution in [1.29, 1.82) is 0 Å². The normalized spacial score (nSPS) is 14.2. The monoisotopic (exact) mass is 483 g/mol. The maximum absolute atomic E-state index is 13.8. The van der Waals surface area contributed by atoms with Gasteiger partial charge < -0.3 is 14.2 Å². The van der Waals surface area contributed by atoms with Crippen molar-refractivity contribution in [3.05, 3.63) is 66.6 Å². The Balaban J connectivity index is 1.28. The van der Waals surface area contributed by atoms with E-state index >= 15 is 0 Å². The molecule has 0 spiro atoms. The molecule has 36 heavy (non-hydrogen) atoms. The van der Waals surface area contributed by atoms with Gasteiger partial charge in [-0.3, -0.25) is 4.79 Å². The molecule has 1 saturated heterocycles. The fourth-order valence-electron chi connectivity index (χ4n) is 4.52. The Hall–Kier alpha value is -4.54. The molecule has 0 radical (unpaired) electrons. The number of nitrogens with zero attached hydrogens (tertiary/aromatic N) is 9. The highest BCUT2D eigenvalue weighted by Crippen LogP contribution is 2.28. The molecule has 6 rings (SSSR count). The van der Waals surface area contributed by atoms with Crippen molar-refractivity contribution < 1.29 is 9.21 Å². The number of aromatic nitrogens is 7. The number of piperazine rings is 1. The summed E-state index contributed by atoms with van der Waals surface area (Å²) in [7, 11) is 0. The van der Waals surface area contributed by atoms with Crippen LogP contribution in [0.5, 0.6) is 0 Å². The van der Waals surface area contributed by atoms with Crippen molar-refractivity contribution in [2.45, 2.75) is 19.9 Å². The summed E-state index contributed by atoms with van der Waals surface area (Å²) < 4.78 is 9.14. The van der Waals surface area contributed by atoms with Gasteiger partial charge in [0.05, 0.1) is 29.1 Å². The summed E-state index contributed by atoms with van der Waals surface area (Å²) in [4.78, 5) is 22.5. The molecule has 5 aromatic rings. The number of furan rings is 1. The number of fused-ring (bicyclic) bond motifs is 1. The lowest BCUT2D eigenvalue weighted by Crippen LogP contribution is -2.49. The number of pyridine rings is 1. The summed E-state index contributed by atoms with van der Waals surface area (Å²) >= 11 is 0. The number of carbonyl (C=O) groups excluding carboxylic acids is 1. The van der Waals surface area contributed by atoms with Crippen molar-refractivity contribution in [1.82, 2.24) is 39.9 Å². The molecule has 1 aliphatic rings. The van der Waals surface area contributed by atoms with E-state index in [1.54, 1.807) is 23.2 Å². The van der Waals surface area contributed by atoms with E-state index in [4.69, 9.17) is 9.40 Å². The average Bonchev–Trinajstić information content (AvgIpc) is 3.69. The molecule has 11 nitrogen and oxygen atoms in total. The highest BCUT2D eigenvalue weighted by molar-refractivity contribution is 6.06. The Bertz CT molecular complexity index is 1500. The Morgan fingerprint density at radius 3 is 2.56 bits per heavy atom. The summed E-state index contributed by atoms with van der Waals surface area (Å²) in [5, 5.41) is 17.5. The van der Waals surface area contributed by atoms with Crippen LogP contribution < -0.4 is 4.90 Å². The van der Waals surface area contributed by atoms with Crippen LogP contribution in [0, 0.1) is 0 Å². The minimum absolute atomic E-state index is 0.0548. The lowest BCUT2D eigenvalue weighted by atomic mass is 10.1. The van der Waals surface area contributed by atoms with Gasteiger partial charge in [-0.05, 0) is 54.6 Å². The second kappa shape index (κ2) is 8.91. The van der Waals surface area contributed by atoms with Gasteiger partial charge in [-0.2, -0.15) is 9.78 Å². The Morgan fingerprint density at radius 1 is 1.03 bits per heavy atom. The molecule has 4 aromatic heterocycles. The van der Waals surface area contributed by atoms with Gasteiger partial charge in [-0.15, -0.1) is 0 Å². The number of rotatable bonds is 5. The Kier molecular flexibility index (Phi) is 5.44. The van der Waals surface area contributed by atoms with Crippen molar-refractivity contribution in [2.24, 2.45) is 0 Å². The van der Waals surface area contributed by atoms with Crippen LogP contribution in [0.1, 0.15) is 30.2 Å². The number of anilines is 1. The highest BCUT2D eigenvalue weighted by Gasteiger charge is 2.28. The van der Waals surface area contributed by atoms with Gasteiger partial charge in [0.1, 0.15) is 5.69 Å². The summed E-state index contributed by atoms with van der Waals surface area (Å²) in [6, 6.07) is 15.3. The maximum atomic E-state index is 13.8. The molecule has 5 heterocycles. The van der Waals surface area contributed by atoms with Gasteiger partial charge in [-0.1, -0.05) is 23.3 Å². The molecule has 0 atom stereocenters. The first-order chi connectivity index (χ1) is 17.6. The predicted molar refractivity (Wildman–Crippen MR) is 133 cm³/mol. The van der Waals surface area contributed by atoms with Gasteiger partial charge in [0.2, 0.25) is 5.95 Å². The van der Waals surface area contributed by atoms with Crippen molar-refractivity contribution in [3.8, 4) is 17.1 Å². The molecule has 11 heteroatoms. The number of carbonyl (C=O) groups is 1. The van der Waals surface area contributed by atoms with E-state index in [9.17, 15) is 4.79 Å². The quantitative estimate of drug-likeness (QED) is 0.375. The fourth-order valence-corrected chi connectivity index (χ4v) is 4.52. The van der Waals surface area contributed by atoms with Crippen molar-refractivity contribution in [3.63, 3.8) is 0 Å². The molecule has 1 fully saturated rings. The topological polar surface area (TPSA) is 111 Å². The molecule has 1 aromatic carbocycles. The van der Waals surface area contributed by atoms with Gasteiger partial charge in [-0.25, -0.2) is 9.67 Å². The van der Waals surface area contributed by atoms with Crippen LogP contribution in [0.25, 0.3) is 28.2 Å². The minimum Gasteiger partial charge on any atom is -0.463 e. The standard InChI is InChI=1S/C25H25N9O2/c1-17(2)33-23-20(16-26-33)19(15-21(27-23)22-9-6-14-36-22)24(35)31-10-12-32(13-11-31)25-28-29-30-34(25)18-7-4-3-5-8-18/h3-9,14-17H,10-13H2,1-2H3. The maximum Gasteiger partial charge on any atom is 0.254 e. The minimum atomic E-state index is -0.0548. The van der Waals surface area contributed by atoms with Crippen LogP contribution in [-0.2, 0) is 0 Å². The third-order valence-corrected chi connectivity index (χ3v) is 6.36. The third kappa shape index (κ3) is 3.78. The molecule has 0 N–H and O–H groups in total. The second-order valence-corrected chi connectivity index (χ2v) is 8.96. The number of benzene rings is 1. The van der Waals surface area contributed by atoms with Crippen LogP contribution in [0.2, 0.25) is 0 Å². The van der Waals surface area contributed by atoms with Crippen molar-refractivity contribution >= 4 is 22.9 Å². The summed E-state index contributed by atoms with van der Waals surface area (Å²) in [6.07, 6.45) is 3.33. The number of hydrogen-bond donors (Lipinski definition) is 0. The van der Waals surface area contributed by atoms with E-state index in [-0.39, 0.29) is 11.9 Å². The van der Waals surface area contributed by atoms with E-state index in [1.165, 1.54) is 0 Å². The van der Waals surface area contributed by atoms with Crippen LogP contribution in [0.15, 0.2) is 65.4 Å². The van der Waals surface area contributed by atoms with E-state index in [0.29, 0.717) is 54.8 Å². The lowest BCUT2D eigenvalue weighted by molar-refractivity contribution is 0.0748. The Morgan fingerprint density at radius 2 is 1.83 bits per heavy atom. The van der Waals surface area contributed by atoms with Crippen LogP contribution in [0.4, 0.5) is 5.95 Å². The zero-order valence-electron chi connectivity index (χ0n) is 20.0. The molecule has 0 unspecified atom stereocenters. The average molecular weight is 484 g/mol. The number of hydrogen-bond acceptors (Lipinski definition) is 8.